The van der Waals surface area contributed by atoms with Crippen molar-refractivity contribution in [2.45, 2.75) is 20.8 Å². The normalized spacial score (nSPS) is 10.5. The first-order valence-corrected chi connectivity index (χ1v) is 7.15. The summed E-state index contributed by atoms with van der Waals surface area (Å²) in [7, 11) is 2.29. The second-order valence-corrected chi connectivity index (χ2v) is 5.11. The zero-order chi connectivity index (χ0) is 15.8. The minimum Gasteiger partial charge on any atom is -0.545 e. The Hall–Kier alpha value is -0.970. The summed E-state index contributed by atoms with van der Waals surface area (Å²) in [5.74, 6) is -1.48. The third kappa shape index (κ3) is 5.57. The van der Waals surface area contributed by atoms with Crippen LogP contribution in [-0.4, -0.2) is 37.1 Å². The summed E-state index contributed by atoms with van der Waals surface area (Å²) < 4.78 is 5.47. The molecule has 0 fully saturated rings. The van der Waals surface area contributed by atoms with Gasteiger partial charge in [0.05, 0.1) is 37.7 Å². The standard InChI is InChI=1S/C7H4Cl2O3.C7H18N/c8-5-3-1-2-4(7(10)11)6(5)12-9;1-5-8(4,6-2)7-3/h1-3H,(H,10,11);5-7H2,1-4H3/q;+1/p-1. The lowest BCUT2D eigenvalue weighted by Gasteiger charge is -2.30. The van der Waals surface area contributed by atoms with Gasteiger partial charge >= 0.3 is 0 Å². The molecule has 0 heterocycles. The lowest BCUT2D eigenvalue weighted by atomic mass is 10.2. The summed E-state index contributed by atoms with van der Waals surface area (Å²) in [6.07, 6.45) is 0. The van der Waals surface area contributed by atoms with Crippen molar-refractivity contribution in [1.82, 2.24) is 0 Å². The number of carbonyl (C=O) groups is 1. The van der Waals surface area contributed by atoms with Gasteiger partial charge in [-0.05, 0) is 32.9 Å². The first kappa shape index (κ1) is 19.0. The highest BCUT2D eigenvalue weighted by Gasteiger charge is 2.11. The summed E-state index contributed by atoms with van der Waals surface area (Å²) in [6.45, 7) is 10.5. The van der Waals surface area contributed by atoms with Gasteiger partial charge in [-0.1, -0.05) is 17.7 Å². The fourth-order valence-corrected chi connectivity index (χ4v) is 1.84. The number of hydrogen-bond acceptors (Lipinski definition) is 3. The maximum Gasteiger partial charge on any atom is 0.173 e. The maximum atomic E-state index is 10.4. The van der Waals surface area contributed by atoms with Gasteiger partial charge in [0.2, 0.25) is 0 Å². The topological polar surface area (TPSA) is 49.4 Å². The van der Waals surface area contributed by atoms with Gasteiger partial charge in [0, 0.05) is 5.56 Å². The van der Waals surface area contributed by atoms with Crippen LogP contribution in [0.1, 0.15) is 31.1 Å². The highest BCUT2D eigenvalue weighted by Crippen LogP contribution is 2.28. The highest BCUT2D eigenvalue weighted by molar-refractivity contribution is 6.33. The molecule has 0 saturated heterocycles. The van der Waals surface area contributed by atoms with Crippen LogP contribution < -0.4 is 9.40 Å². The number of hydrogen-bond donors (Lipinski definition) is 0. The fraction of sp³-hybridized carbons (Fsp3) is 0.500. The molecular formula is C14H21Cl2NO3. The van der Waals surface area contributed by atoms with Crippen LogP contribution in [0, 0.1) is 0 Å². The van der Waals surface area contributed by atoms with Gasteiger partial charge in [-0.15, -0.1) is 0 Å². The largest absolute Gasteiger partial charge is 0.545 e. The molecule has 6 heteroatoms. The molecule has 0 aliphatic rings. The molecular weight excluding hydrogens is 301 g/mol. The number of rotatable bonds is 5. The van der Waals surface area contributed by atoms with Gasteiger partial charge < -0.3 is 18.7 Å². The van der Waals surface area contributed by atoms with E-state index in [2.05, 4.69) is 32.1 Å². The molecule has 1 aromatic rings. The van der Waals surface area contributed by atoms with Crippen molar-refractivity contribution in [2.75, 3.05) is 26.7 Å². The molecule has 4 nitrogen and oxygen atoms in total. The van der Waals surface area contributed by atoms with Crippen molar-refractivity contribution in [3.8, 4) is 5.75 Å². The van der Waals surface area contributed by atoms with E-state index in [1.165, 1.54) is 42.3 Å². The Labute approximate surface area is 130 Å². The summed E-state index contributed by atoms with van der Waals surface area (Å²) in [5.41, 5.74) is -0.169. The Morgan fingerprint density at radius 1 is 1.25 bits per heavy atom. The van der Waals surface area contributed by atoms with Gasteiger partial charge in [-0.25, -0.2) is 0 Å². The molecule has 20 heavy (non-hydrogen) atoms. The number of carboxylic acid groups (broad SMARTS) is 1. The summed E-state index contributed by atoms with van der Waals surface area (Å²) in [5, 5.41) is 10.6. The summed E-state index contributed by atoms with van der Waals surface area (Å²) in [4.78, 5) is 10.4. The number of aromatic carboxylic acids is 1. The van der Waals surface area contributed by atoms with Gasteiger partial charge in [-0.2, -0.15) is 0 Å². The van der Waals surface area contributed by atoms with Crippen LogP contribution in [0.25, 0.3) is 0 Å². The molecule has 0 N–H and O–H groups in total. The van der Waals surface area contributed by atoms with Crippen LogP contribution in [0.3, 0.4) is 0 Å². The van der Waals surface area contributed by atoms with Crippen molar-refractivity contribution >= 4 is 29.4 Å². The number of quaternary nitrogens is 1. The SMILES string of the molecule is CC[N+](C)(CC)CC.O=C([O-])c1cccc(Cl)c1OCl. The molecule has 0 unspecified atom stereocenters. The van der Waals surface area contributed by atoms with Crippen molar-refractivity contribution in [3.05, 3.63) is 28.8 Å². The van der Waals surface area contributed by atoms with Crippen LogP contribution >= 0.6 is 23.5 Å². The number of halogens is 2. The second kappa shape index (κ2) is 9.06. The summed E-state index contributed by atoms with van der Waals surface area (Å²) in [6, 6.07) is 4.22. The number of carboxylic acids is 1. The van der Waals surface area contributed by atoms with E-state index < -0.39 is 5.97 Å². The molecule has 0 saturated carbocycles. The molecule has 0 radical (unpaired) electrons. The van der Waals surface area contributed by atoms with E-state index in [4.69, 9.17) is 23.5 Å². The van der Waals surface area contributed by atoms with Crippen LogP contribution in [0.15, 0.2) is 18.2 Å². The number of carbonyl (C=O) groups excluding carboxylic acids is 1. The molecule has 0 amide bonds. The number of benzene rings is 1. The lowest BCUT2D eigenvalue weighted by molar-refractivity contribution is -0.904. The molecule has 0 atom stereocenters. The highest BCUT2D eigenvalue weighted by atomic mass is 35.5. The Balaban J connectivity index is 0.000000396. The minimum absolute atomic E-state index is 0.0965. The van der Waals surface area contributed by atoms with Gasteiger partial charge in [0.1, 0.15) is 11.9 Å². The smallest absolute Gasteiger partial charge is 0.173 e. The Morgan fingerprint density at radius 3 is 2.00 bits per heavy atom. The number of para-hydroxylation sites is 1. The Kier molecular flexibility index (Phi) is 8.62. The van der Waals surface area contributed by atoms with Crippen LogP contribution in [0.2, 0.25) is 5.02 Å². The molecule has 1 rings (SSSR count). The van der Waals surface area contributed by atoms with E-state index in [-0.39, 0.29) is 16.3 Å². The van der Waals surface area contributed by atoms with E-state index in [0.717, 1.165) is 0 Å². The maximum absolute atomic E-state index is 10.4. The van der Waals surface area contributed by atoms with Gasteiger partial charge in [-0.3, -0.25) is 0 Å². The Bertz CT molecular complexity index is 426. The molecule has 1 aromatic carbocycles. The first-order chi connectivity index (χ1) is 9.35. The third-order valence-electron chi connectivity index (χ3n) is 3.55. The number of nitrogens with zero attached hydrogens (tertiary/aromatic N) is 1. The molecule has 0 aliphatic heterocycles. The van der Waals surface area contributed by atoms with E-state index in [1.54, 1.807) is 0 Å². The predicted octanol–water partition coefficient (Wildman–Crippen LogP) is 2.73. The summed E-state index contributed by atoms with van der Waals surface area (Å²) >= 11 is 10.6. The van der Waals surface area contributed by atoms with E-state index in [1.807, 2.05) is 0 Å². The van der Waals surface area contributed by atoms with Crippen LogP contribution in [0.4, 0.5) is 0 Å². The fourth-order valence-electron chi connectivity index (χ4n) is 1.42. The molecule has 114 valence electrons. The average Bonchev–Trinajstić information content (AvgIpc) is 2.46. The van der Waals surface area contributed by atoms with Crippen LogP contribution in [0.5, 0.6) is 5.75 Å². The van der Waals surface area contributed by atoms with E-state index in [9.17, 15) is 9.90 Å². The van der Waals surface area contributed by atoms with E-state index in [0.29, 0.717) is 0 Å². The van der Waals surface area contributed by atoms with Gasteiger partial charge in [0.15, 0.2) is 5.75 Å². The Morgan fingerprint density at radius 2 is 1.75 bits per heavy atom. The predicted molar refractivity (Wildman–Crippen MR) is 80.1 cm³/mol. The molecule has 0 aromatic heterocycles. The van der Waals surface area contributed by atoms with Crippen molar-refractivity contribution in [3.63, 3.8) is 0 Å². The average molecular weight is 322 g/mol. The lowest BCUT2D eigenvalue weighted by Crippen LogP contribution is -2.42. The molecule has 0 spiro atoms. The zero-order valence-electron chi connectivity index (χ0n) is 12.3. The van der Waals surface area contributed by atoms with Crippen molar-refractivity contribution < 1.29 is 18.7 Å². The quantitative estimate of drug-likeness (QED) is 0.783. The van der Waals surface area contributed by atoms with E-state index >= 15 is 0 Å². The molecule has 0 aliphatic carbocycles. The minimum atomic E-state index is -1.38. The van der Waals surface area contributed by atoms with Gasteiger partial charge in [0.25, 0.3) is 0 Å². The first-order valence-electron chi connectivity index (χ1n) is 6.47. The van der Waals surface area contributed by atoms with Crippen molar-refractivity contribution in [1.29, 1.82) is 0 Å². The monoisotopic (exact) mass is 321 g/mol. The van der Waals surface area contributed by atoms with Crippen LogP contribution in [-0.2, 0) is 0 Å². The zero-order valence-corrected chi connectivity index (χ0v) is 13.8. The van der Waals surface area contributed by atoms with Crippen molar-refractivity contribution in [2.24, 2.45) is 0 Å². The molecule has 0 bridgehead atoms. The second-order valence-electron chi connectivity index (χ2n) is 4.55. The third-order valence-corrected chi connectivity index (χ3v) is 4.01.